The number of nitrogens with zero attached hydrogens (tertiary/aromatic N) is 1. The van der Waals surface area contributed by atoms with Crippen molar-refractivity contribution in [2.75, 3.05) is 5.32 Å². The second-order valence-corrected chi connectivity index (χ2v) is 5.47. The van der Waals surface area contributed by atoms with Crippen LogP contribution < -0.4 is 5.32 Å². The topological polar surface area (TPSA) is 24.9 Å². The van der Waals surface area contributed by atoms with E-state index >= 15 is 0 Å². The van der Waals surface area contributed by atoms with Crippen LogP contribution in [0.1, 0.15) is 49.1 Å². The Balaban J connectivity index is 1.81. The largest absolute Gasteiger partial charge is 0.359 e. The molecule has 0 spiro atoms. The Morgan fingerprint density at radius 1 is 1.43 bits per heavy atom. The van der Waals surface area contributed by atoms with E-state index in [4.69, 9.17) is 4.98 Å². The fourth-order valence-electron chi connectivity index (χ4n) is 2.17. The summed E-state index contributed by atoms with van der Waals surface area (Å²) in [6.45, 7) is 2.27. The SMILES string of the molecule is CCC1CCc2sc(NC3CC3)nc21. The molecule has 0 amide bonds. The van der Waals surface area contributed by atoms with Gasteiger partial charge in [-0.05, 0) is 32.1 Å². The summed E-state index contributed by atoms with van der Waals surface area (Å²) in [5.74, 6) is 0.746. The lowest BCUT2D eigenvalue weighted by Gasteiger charge is -2.04. The molecule has 1 heterocycles. The molecule has 1 atom stereocenters. The maximum Gasteiger partial charge on any atom is 0.183 e. The molecule has 2 aliphatic carbocycles. The molecule has 0 saturated heterocycles. The number of rotatable bonds is 3. The van der Waals surface area contributed by atoms with Crippen molar-refractivity contribution in [2.24, 2.45) is 0 Å². The van der Waals surface area contributed by atoms with Crippen molar-refractivity contribution in [3.05, 3.63) is 10.6 Å². The zero-order valence-electron chi connectivity index (χ0n) is 8.55. The number of anilines is 1. The van der Waals surface area contributed by atoms with Gasteiger partial charge in [-0.2, -0.15) is 0 Å². The average molecular weight is 208 g/mol. The minimum atomic E-state index is 0.737. The molecule has 0 aliphatic heterocycles. The summed E-state index contributed by atoms with van der Waals surface area (Å²) in [5.41, 5.74) is 1.40. The van der Waals surface area contributed by atoms with Crippen molar-refractivity contribution in [2.45, 2.75) is 51.0 Å². The molecule has 2 nitrogen and oxygen atoms in total. The van der Waals surface area contributed by atoms with Crippen LogP contribution in [-0.4, -0.2) is 11.0 Å². The fraction of sp³-hybridized carbons (Fsp3) is 0.727. The highest BCUT2D eigenvalue weighted by molar-refractivity contribution is 7.15. The number of aryl methyl sites for hydroxylation is 1. The molecule has 14 heavy (non-hydrogen) atoms. The Morgan fingerprint density at radius 2 is 2.29 bits per heavy atom. The van der Waals surface area contributed by atoms with Crippen LogP contribution in [0.15, 0.2) is 0 Å². The van der Waals surface area contributed by atoms with Crippen LogP contribution in [-0.2, 0) is 6.42 Å². The van der Waals surface area contributed by atoms with E-state index in [0.717, 1.165) is 12.0 Å². The van der Waals surface area contributed by atoms with E-state index in [-0.39, 0.29) is 0 Å². The number of aromatic nitrogens is 1. The van der Waals surface area contributed by atoms with Crippen LogP contribution in [0.4, 0.5) is 5.13 Å². The first kappa shape index (κ1) is 8.72. The smallest absolute Gasteiger partial charge is 0.183 e. The molecule has 1 saturated carbocycles. The van der Waals surface area contributed by atoms with Crippen molar-refractivity contribution in [3.8, 4) is 0 Å². The van der Waals surface area contributed by atoms with Gasteiger partial charge in [-0.3, -0.25) is 0 Å². The Hall–Kier alpha value is -0.570. The van der Waals surface area contributed by atoms with Gasteiger partial charge in [-0.1, -0.05) is 6.92 Å². The van der Waals surface area contributed by atoms with Gasteiger partial charge in [0.2, 0.25) is 0 Å². The normalized spacial score (nSPS) is 25.1. The molecule has 1 aromatic heterocycles. The molecule has 1 fully saturated rings. The molecular formula is C11H16N2S. The molecule has 0 radical (unpaired) electrons. The zero-order chi connectivity index (χ0) is 9.54. The standard InChI is InChI=1S/C11H16N2S/c1-2-7-3-6-9-10(7)13-11(14-9)12-8-4-5-8/h7-8H,2-6H2,1H3,(H,12,13). The van der Waals surface area contributed by atoms with Crippen molar-refractivity contribution in [1.29, 1.82) is 0 Å². The van der Waals surface area contributed by atoms with Gasteiger partial charge in [0.25, 0.3) is 0 Å². The van der Waals surface area contributed by atoms with Crippen LogP contribution in [0.2, 0.25) is 0 Å². The zero-order valence-corrected chi connectivity index (χ0v) is 9.36. The number of nitrogens with one attached hydrogen (secondary N) is 1. The summed E-state index contributed by atoms with van der Waals surface area (Å²) in [4.78, 5) is 6.27. The summed E-state index contributed by atoms with van der Waals surface area (Å²) in [7, 11) is 0. The number of thiazole rings is 1. The Labute approximate surface area is 88.7 Å². The summed E-state index contributed by atoms with van der Waals surface area (Å²) in [6.07, 6.45) is 6.51. The monoisotopic (exact) mass is 208 g/mol. The van der Waals surface area contributed by atoms with Gasteiger partial charge in [0.15, 0.2) is 5.13 Å². The fourth-order valence-corrected chi connectivity index (χ4v) is 3.30. The van der Waals surface area contributed by atoms with E-state index in [2.05, 4.69) is 12.2 Å². The minimum absolute atomic E-state index is 0.737. The Morgan fingerprint density at radius 3 is 3.00 bits per heavy atom. The van der Waals surface area contributed by atoms with Gasteiger partial charge in [0.05, 0.1) is 5.69 Å². The third-order valence-corrected chi connectivity index (χ3v) is 4.29. The second-order valence-electron chi connectivity index (χ2n) is 4.39. The summed E-state index contributed by atoms with van der Waals surface area (Å²) in [5, 5.41) is 4.67. The quantitative estimate of drug-likeness (QED) is 0.825. The van der Waals surface area contributed by atoms with Gasteiger partial charge < -0.3 is 5.32 Å². The summed E-state index contributed by atoms with van der Waals surface area (Å²) in [6, 6.07) is 0.737. The van der Waals surface area contributed by atoms with E-state index in [1.807, 2.05) is 11.3 Å². The van der Waals surface area contributed by atoms with Crippen LogP contribution in [0.25, 0.3) is 0 Å². The van der Waals surface area contributed by atoms with Crippen LogP contribution in [0, 0.1) is 0 Å². The van der Waals surface area contributed by atoms with Crippen LogP contribution >= 0.6 is 11.3 Å². The van der Waals surface area contributed by atoms with Gasteiger partial charge in [0, 0.05) is 16.8 Å². The molecule has 0 aromatic carbocycles. The molecule has 1 aromatic rings. The number of hydrogen-bond acceptors (Lipinski definition) is 3. The minimum Gasteiger partial charge on any atom is -0.359 e. The van der Waals surface area contributed by atoms with Crippen molar-refractivity contribution >= 4 is 16.5 Å². The Kier molecular flexibility index (Phi) is 2.01. The van der Waals surface area contributed by atoms with Crippen molar-refractivity contribution in [1.82, 2.24) is 4.98 Å². The van der Waals surface area contributed by atoms with E-state index in [1.54, 1.807) is 4.88 Å². The predicted octanol–water partition coefficient (Wildman–Crippen LogP) is 3.16. The van der Waals surface area contributed by atoms with Gasteiger partial charge in [-0.25, -0.2) is 4.98 Å². The second kappa shape index (κ2) is 3.23. The highest BCUT2D eigenvalue weighted by Crippen LogP contribution is 2.40. The van der Waals surface area contributed by atoms with E-state index in [1.165, 1.54) is 42.9 Å². The summed E-state index contributed by atoms with van der Waals surface area (Å²) < 4.78 is 0. The highest BCUT2D eigenvalue weighted by atomic mass is 32.1. The molecule has 1 unspecified atom stereocenters. The molecule has 2 aliphatic rings. The lowest BCUT2D eigenvalue weighted by molar-refractivity contribution is 0.643. The first-order valence-corrected chi connectivity index (χ1v) is 6.44. The molecule has 3 rings (SSSR count). The van der Waals surface area contributed by atoms with Crippen molar-refractivity contribution in [3.63, 3.8) is 0 Å². The first-order chi connectivity index (χ1) is 6.86. The molecule has 3 heteroatoms. The predicted molar refractivity (Wildman–Crippen MR) is 60.1 cm³/mol. The maximum absolute atomic E-state index is 4.73. The molecule has 0 bridgehead atoms. The molecule has 1 N–H and O–H groups in total. The average Bonchev–Trinajstić information content (AvgIpc) is 2.74. The van der Waals surface area contributed by atoms with E-state index < -0.39 is 0 Å². The maximum atomic E-state index is 4.73. The van der Waals surface area contributed by atoms with E-state index in [0.29, 0.717) is 0 Å². The van der Waals surface area contributed by atoms with Gasteiger partial charge >= 0.3 is 0 Å². The highest BCUT2D eigenvalue weighted by Gasteiger charge is 2.28. The molecular weight excluding hydrogens is 192 g/mol. The van der Waals surface area contributed by atoms with Crippen LogP contribution in [0.5, 0.6) is 0 Å². The Bertz CT molecular complexity index is 341. The third kappa shape index (κ3) is 1.44. The van der Waals surface area contributed by atoms with Crippen LogP contribution in [0.3, 0.4) is 0 Å². The lowest BCUT2D eigenvalue weighted by atomic mass is 10.1. The summed E-state index contributed by atoms with van der Waals surface area (Å²) >= 11 is 1.89. The van der Waals surface area contributed by atoms with Gasteiger partial charge in [-0.15, -0.1) is 11.3 Å². The van der Waals surface area contributed by atoms with Gasteiger partial charge in [0.1, 0.15) is 0 Å². The number of fused-ring (bicyclic) bond motifs is 1. The van der Waals surface area contributed by atoms with E-state index in [9.17, 15) is 0 Å². The number of hydrogen-bond donors (Lipinski definition) is 1. The first-order valence-electron chi connectivity index (χ1n) is 5.63. The van der Waals surface area contributed by atoms with Crippen molar-refractivity contribution < 1.29 is 0 Å². The third-order valence-electron chi connectivity index (χ3n) is 3.23. The molecule has 76 valence electrons. The lowest BCUT2D eigenvalue weighted by Crippen LogP contribution is -2.01.